The van der Waals surface area contributed by atoms with Crippen LogP contribution < -0.4 is 9.30 Å². The molecule has 0 atom stereocenters. The molecule has 3 heterocycles. The lowest BCUT2D eigenvalue weighted by molar-refractivity contribution is -0.612. The number of ether oxygens (including phenoxy) is 1. The smallest absolute Gasteiger partial charge is 0.486 e. The highest BCUT2D eigenvalue weighted by Gasteiger charge is 2.58. The van der Waals surface area contributed by atoms with Crippen LogP contribution in [0.5, 0.6) is 5.75 Å². The zero-order valence-corrected chi connectivity index (χ0v) is 16.8. The maximum Gasteiger partial charge on any atom is 0.673 e. The first-order valence-corrected chi connectivity index (χ1v) is 9.73. The van der Waals surface area contributed by atoms with E-state index in [1.54, 1.807) is 17.7 Å². The minimum absolute atomic E-state index is 0.00432. The van der Waals surface area contributed by atoms with E-state index in [9.17, 15) is 39.2 Å². The van der Waals surface area contributed by atoms with Crippen LogP contribution in [0.25, 0.3) is 17.0 Å². The maximum absolute atomic E-state index is 13.1. The molecule has 0 bridgehead atoms. The molecule has 0 saturated carbocycles. The average Bonchev–Trinajstić information content (AvgIpc) is 3.04. The van der Waals surface area contributed by atoms with Gasteiger partial charge in [-0.25, -0.2) is 4.57 Å². The number of para-hydroxylation sites is 2. The lowest BCUT2D eigenvalue weighted by Gasteiger charge is -2.21. The molecule has 4 rings (SSSR count). The molecular weight excluding hydrogens is 476 g/mol. The van der Waals surface area contributed by atoms with Crippen molar-refractivity contribution >= 4 is 30.2 Å². The summed E-state index contributed by atoms with van der Waals surface area (Å²) in [7, 11) is -6.00. The predicted molar refractivity (Wildman–Crippen MR) is 99.4 cm³/mol. The Morgan fingerprint density at radius 2 is 1.72 bits per heavy atom. The number of aromatic nitrogens is 3. The van der Waals surface area contributed by atoms with E-state index >= 15 is 0 Å². The van der Waals surface area contributed by atoms with Gasteiger partial charge in [0, 0.05) is 23.6 Å². The van der Waals surface area contributed by atoms with E-state index < -0.39 is 26.0 Å². The minimum atomic E-state index is -6.00. The third-order valence-corrected chi connectivity index (χ3v) is 5.36. The molecule has 0 N–H and O–H groups in total. The average molecular weight is 489 g/mol. The summed E-state index contributed by atoms with van der Waals surface area (Å²) in [6.07, 6.45) is -4.08. The molecule has 1 aliphatic heterocycles. The largest absolute Gasteiger partial charge is 0.673 e. The number of hydrogen-bond acceptors (Lipinski definition) is 3. The number of alkyl halides is 5. The van der Waals surface area contributed by atoms with Crippen molar-refractivity contribution in [2.45, 2.75) is 24.8 Å². The molecule has 32 heavy (non-hydrogen) atoms. The van der Waals surface area contributed by atoms with Gasteiger partial charge < -0.3 is 22.0 Å². The van der Waals surface area contributed by atoms with Crippen LogP contribution >= 0.6 is 11.9 Å². The van der Waals surface area contributed by atoms with Gasteiger partial charge in [-0.1, -0.05) is 17.1 Å². The van der Waals surface area contributed by atoms with Crippen molar-refractivity contribution in [1.82, 2.24) is 8.96 Å². The Bertz CT molecular complexity index is 1120. The summed E-state index contributed by atoms with van der Waals surface area (Å²) in [6, 6.07) is 8.98. The second-order valence-corrected chi connectivity index (χ2v) is 7.49. The Labute approximate surface area is 179 Å². The Balaban J connectivity index is 0.000000523. The first-order chi connectivity index (χ1) is 14.7. The Morgan fingerprint density at radius 3 is 2.34 bits per heavy atom. The fourth-order valence-corrected chi connectivity index (χ4v) is 3.99. The first kappa shape index (κ1) is 24.1. The lowest BCUT2D eigenvalue weighted by atomic mass is 10.2. The number of benzene rings is 1. The molecule has 0 unspecified atom stereocenters. The number of imidazole rings is 1. The number of pyridine rings is 1. The number of hydrogen-bond donors (Lipinski definition) is 0. The van der Waals surface area contributed by atoms with Crippen LogP contribution in [-0.4, -0.2) is 34.9 Å². The van der Waals surface area contributed by atoms with Crippen molar-refractivity contribution in [3.63, 3.8) is 0 Å². The van der Waals surface area contributed by atoms with Gasteiger partial charge in [-0.05, 0) is 19.1 Å². The molecule has 0 aliphatic carbocycles. The van der Waals surface area contributed by atoms with Crippen molar-refractivity contribution in [1.29, 1.82) is 0 Å². The summed E-state index contributed by atoms with van der Waals surface area (Å²) in [5.74, 6) is -3.79. The van der Waals surface area contributed by atoms with E-state index in [0.717, 1.165) is 16.7 Å². The molecule has 0 fully saturated rings. The Hall–Kier alpha value is -2.58. The molecule has 0 spiro atoms. The summed E-state index contributed by atoms with van der Waals surface area (Å²) in [5.41, 5.74) is 2.98. The minimum Gasteiger partial charge on any atom is -0.486 e. The number of fused-ring (bicyclic) bond motifs is 5. The SMILES string of the molecule is Cc1c(OCC(F)(F)C(F)(F)F)cc[n+]2c1CSn1c-2nc2ccccc21.F[B-](F)(F)F. The van der Waals surface area contributed by atoms with Crippen molar-refractivity contribution in [3.05, 3.63) is 47.8 Å². The molecule has 174 valence electrons. The highest BCUT2D eigenvalue weighted by molar-refractivity contribution is 7.97. The zero-order chi connectivity index (χ0) is 23.9. The summed E-state index contributed by atoms with van der Waals surface area (Å²) < 4.78 is 111. The van der Waals surface area contributed by atoms with E-state index in [1.165, 1.54) is 18.0 Å². The fourth-order valence-electron chi connectivity index (χ4n) is 2.85. The van der Waals surface area contributed by atoms with Crippen molar-refractivity contribution in [2.75, 3.05) is 6.61 Å². The zero-order valence-electron chi connectivity index (χ0n) is 16.0. The van der Waals surface area contributed by atoms with E-state index in [2.05, 4.69) is 4.98 Å². The molecule has 0 amide bonds. The molecule has 3 aromatic rings. The Kier molecular flexibility index (Phi) is 6.33. The summed E-state index contributed by atoms with van der Waals surface area (Å²) in [5, 5.41) is 0. The van der Waals surface area contributed by atoms with Crippen molar-refractivity contribution in [3.8, 4) is 11.7 Å². The molecule has 1 aliphatic rings. The molecule has 1 aromatic carbocycles. The quantitative estimate of drug-likeness (QED) is 0.277. The van der Waals surface area contributed by atoms with E-state index in [-0.39, 0.29) is 5.75 Å². The summed E-state index contributed by atoms with van der Waals surface area (Å²) >= 11 is 1.47. The van der Waals surface area contributed by atoms with Crippen LogP contribution in [0.1, 0.15) is 11.3 Å². The number of rotatable bonds is 3. The van der Waals surface area contributed by atoms with Gasteiger partial charge in [0.1, 0.15) is 11.4 Å². The van der Waals surface area contributed by atoms with Gasteiger partial charge in [-0.3, -0.25) is 0 Å². The van der Waals surface area contributed by atoms with Gasteiger partial charge in [-0.2, -0.15) is 25.9 Å². The second-order valence-electron chi connectivity index (χ2n) is 6.58. The molecule has 15 heteroatoms. The van der Waals surface area contributed by atoms with Crippen LogP contribution in [0.15, 0.2) is 36.5 Å². The van der Waals surface area contributed by atoms with Gasteiger partial charge in [0.15, 0.2) is 17.6 Å². The fraction of sp³-hybridized carbons (Fsp3) is 0.294. The standard InChI is InChI=1S/C17H13F5N3OS.BF4/c1-10-13-8-27-25-12-5-3-2-4-11(12)23-15(25)24(13)7-6-14(10)26-9-16(18,19)17(20,21)22;2-1(3,4)5/h2-7H,8-9H2,1H3;/q+1;-1. The van der Waals surface area contributed by atoms with Crippen LogP contribution in [-0.2, 0) is 5.75 Å². The van der Waals surface area contributed by atoms with Crippen LogP contribution in [0.4, 0.5) is 39.2 Å². The lowest BCUT2D eigenvalue weighted by Crippen LogP contribution is -2.43. The molecule has 0 saturated heterocycles. The monoisotopic (exact) mass is 489 g/mol. The normalized spacial score (nSPS) is 13.8. The summed E-state index contributed by atoms with van der Waals surface area (Å²) in [6.45, 7) is -0.127. The first-order valence-electron chi connectivity index (χ1n) is 8.79. The van der Waals surface area contributed by atoms with Gasteiger partial charge in [0.2, 0.25) is 0 Å². The second kappa shape index (κ2) is 8.41. The van der Waals surface area contributed by atoms with Crippen LogP contribution in [0, 0.1) is 6.92 Å². The van der Waals surface area contributed by atoms with Crippen LogP contribution in [0.2, 0.25) is 0 Å². The third kappa shape index (κ3) is 5.08. The highest BCUT2D eigenvalue weighted by Crippen LogP contribution is 2.37. The van der Waals surface area contributed by atoms with E-state index in [4.69, 9.17) is 4.74 Å². The molecule has 0 radical (unpaired) electrons. The van der Waals surface area contributed by atoms with E-state index in [1.807, 2.05) is 28.2 Å². The number of nitrogens with zero attached hydrogens (tertiary/aromatic N) is 3. The Morgan fingerprint density at radius 1 is 1.09 bits per heavy atom. The predicted octanol–water partition coefficient (Wildman–Crippen LogP) is 5.51. The third-order valence-electron chi connectivity index (χ3n) is 4.34. The van der Waals surface area contributed by atoms with Gasteiger partial charge in [-0.15, -0.1) is 0 Å². The summed E-state index contributed by atoms with van der Waals surface area (Å²) in [4.78, 5) is 4.58. The topological polar surface area (TPSA) is 30.9 Å². The van der Waals surface area contributed by atoms with Crippen molar-refractivity contribution < 1.29 is 48.5 Å². The highest BCUT2D eigenvalue weighted by atomic mass is 32.2. The number of halogens is 9. The molecular formula is C17H13BF9N3OS. The van der Waals surface area contributed by atoms with Gasteiger partial charge in [0.05, 0.1) is 11.9 Å². The van der Waals surface area contributed by atoms with Crippen LogP contribution in [0.3, 0.4) is 0 Å². The van der Waals surface area contributed by atoms with Gasteiger partial charge in [0.25, 0.3) is 0 Å². The van der Waals surface area contributed by atoms with Crippen molar-refractivity contribution in [2.24, 2.45) is 0 Å². The molecule has 4 nitrogen and oxygen atoms in total. The van der Waals surface area contributed by atoms with Gasteiger partial charge >= 0.3 is 25.3 Å². The maximum atomic E-state index is 13.1. The van der Waals surface area contributed by atoms with E-state index in [0.29, 0.717) is 17.3 Å². The molecule has 2 aromatic heterocycles.